The second-order valence-corrected chi connectivity index (χ2v) is 5.15. The minimum atomic E-state index is 0.521. The maximum absolute atomic E-state index is 4.46. The van der Waals surface area contributed by atoms with E-state index >= 15 is 0 Å². The molecule has 1 saturated carbocycles. The van der Waals surface area contributed by atoms with Crippen LogP contribution in [0.5, 0.6) is 0 Å². The molecular weight excluding hydrogens is 212 g/mol. The van der Waals surface area contributed by atoms with Crippen molar-refractivity contribution in [3.8, 4) is 0 Å². The van der Waals surface area contributed by atoms with Crippen molar-refractivity contribution in [1.82, 2.24) is 14.6 Å². The monoisotopic (exact) mass is 230 g/mol. The first-order valence-electron chi connectivity index (χ1n) is 6.28. The van der Waals surface area contributed by atoms with Crippen LogP contribution in [0.2, 0.25) is 0 Å². The molecule has 0 atom stereocenters. The van der Waals surface area contributed by atoms with Crippen LogP contribution < -0.4 is 5.32 Å². The Morgan fingerprint density at radius 2 is 2.24 bits per heavy atom. The summed E-state index contributed by atoms with van der Waals surface area (Å²) in [5.74, 6) is 0.746. The number of aromatic nitrogens is 3. The predicted octanol–water partition coefficient (Wildman–Crippen LogP) is 2.64. The van der Waals surface area contributed by atoms with Crippen LogP contribution in [-0.4, -0.2) is 21.1 Å². The average molecular weight is 230 g/mol. The average Bonchev–Trinajstić information content (AvgIpc) is 3.00. The van der Waals surface area contributed by atoms with Gasteiger partial charge in [0, 0.05) is 12.7 Å². The van der Waals surface area contributed by atoms with Crippen LogP contribution >= 0.6 is 0 Å². The Morgan fingerprint density at radius 1 is 1.41 bits per heavy atom. The number of rotatable bonds is 4. The number of nitrogens with one attached hydrogen (secondary N) is 1. The topological polar surface area (TPSA) is 42.2 Å². The van der Waals surface area contributed by atoms with Gasteiger partial charge in [-0.3, -0.25) is 0 Å². The van der Waals surface area contributed by atoms with Gasteiger partial charge in [-0.25, -0.2) is 4.52 Å². The highest BCUT2D eigenvalue weighted by molar-refractivity contribution is 5.44. The maximum Gasteiger partial charge on any atom is 0.243 e. The number of fused-ring (bicyclic) bond motifs is 1. The van der Waals surface area contributed by atoms with Gasteiger partial charge in [-0.2, -0.15) is 4.98 Å². The molecule has 0 saturated heterocycles. The van der Waals surface area contributed by atoms with E-state index in [1.807, 2.05) is 16.8 Å². The highest BCUT2D eigenvalue weighted by Crippen LogP contribution is 2.48. The van der Waals surface area contributed by atoms with E-state index in [1.165, 1.54) is 24.8 Å². The van der Waals surface area contributed by atoms with Gasteiger partial charge in [0.1, 0.15) is 0 Å². The third-order valence-corrected chi connectivity index (χ3v) is 3.81. The molecule has 0 spiro atoms. The Kier molecular flexibility index (Phi) is 2.31. The van der Waals surface area contributed by atoms with Gasteiger partial charge in [0.15, 0.2) is 5.65 Å². The lowest BCUT2D eigenvalue weighted by Gasteiger charge is -2.11. The Morgan fingerprint density at radius 3 is 2.94 bits per heavy atom. The van der Waals surface area contributed by atoms with Crippen molar-refractivity contribution in [2.24, 2.45) is 5.41 Å². The van der Waals surface area contributed by atoms with Crippen LogP contribution in [0.3, 0.4) is 0 Å². The molecule has 0 aliphatic heterocycles. The first-order valence-corrected chi connectivity index (χ1v) is 6.28. The summed E-state index contributed by atoms with van der Waals surface area (Å²) in [6.45, 7) is 5.32. The molecule has 0 bridgehead atoms. The zero-order valence-electron chi connectivity index (χ0n) is 10.4. The van der Waals surface area contributed by atoms with Crippen LogP contribution in [-0.2, 0) is 0 Å². The van der Waals surface area contributed by atoms with Crippen molar-refractivity contribution in [1.29, 1.82) is 0 Å². The number of anilines is 1. The van der Waals surface area contributed by atoms with Gasteiger partial charge in [0.25, 0.3) is 0 Å². The second-order valence-electron chi connectivity index (χ2n) is 5.15. The first kappa shape index (κ1) is 10.6. The molecule has 17 heavy (non-hydrogen) atoms. The van der Waals surface area contributed by atoms with E-state index in [0.29, 0.717) is 5.41 Å². The molecule has 0 radical (unpaired) electrons. The Balaban J connectivity index is 1.77. The molecule has 0 unspecified atom stereocenters. The van der Waals surface area contributed by atoms with Gasteiger partial charge >= 0.3 is 0 Å². The minimum Gasteiger partial charge on any atom is -0.352 e. The molecule has 2 aromatic heterocycles. The van der Waals surface area contributed by atoms with Gasteiger partial charge in [0.2, 0.25) is 5.95 Å². The lowest BCUT2D eigenvalue weighted by Crippen LogP contribution is -2.15. The zero-order chi connectivity index (χ0) is 11.9. The smallest absolute Gasteiger partial charge is 0.243 e. The number of hydrogen-bond acceptors (Lipinski definition) is 3. The molecule has 4 nitrogen and oxygen atoms in total. The fourth-order valence-electron chi connectivity index (χ4n) is 2.16. The van der Waals surface area contributed by atoms with Gasteiger partial charge in [-0.05, 0) is 43.2 Å². The molecule has 90 valence electrons. The van der Waals surface area contributed by atoms with Gasteiger partial charge < -0.3 is 5.32 Å². The van der Waals surface area contributed by atoms with Crippen molar-refractivity contribution in [3.63, 3.8) is 0 Å². The molecule has 0 amide bonds. The van der Waals surface area contributed by atoms with E-state index in [-0.39, 0.29) is 0 Å². The third kappa shape index (κ3) is 1.99. The summed E-state index contributed by atoms with van der Waals surface area (Å²) >= 11 is 0. The Labute approximate surface area is 101 Å². The first-order chi connectivity index (χ1) is 8.21. The quantitative estimate of drug-likeness (QED) is 0.878. The van der Waals surface area contributed by atoms with Crippen molar-refractivity contribution in [2.75, 3.05) is 11.9 Å². The summed E-state index contributed by atoms with van der Waals surface area (Å²) in [7, 11) is 0. The summed E-state index contributed by atoms with van der Waals surface area (Å²) in [4.78, 5) is 4.46. The minimum absolute atomic E-state index is 0.521. The van der Waals surface area contributed by atoms with E-state index in [0.717, 1.165) is 18.1 Å². The summed E-state index contributed by atoms with van der Waals surface area (Å²) in [6, 6.07) is 4.06. The molecule has 2 aromatic rings. The molecule has 2 heterocycles. The fraction of sp³-hybridized carbons (Fsp3) is 0.538. The van der Waals surface area contributed by atoms with Crippen molar-refractivity contribution >= 4 is 11.6 Å². The summed E-state index contributed by atoms with van der Waals surface area (Å²) < 4.78 is 1.84. The van der Waals surface area contributed by atoms with E-state index in [4.69, 9.17) is 0 Å². The number of hydrogen-bond donors (Lipinski definition) is 1. The predicted molar refractivity (Wildman–Crippen MR) is 68.2 cm³/mol. The van der Waals surface area contributed by atoms with E-state index in [2.05, 4.69) is 35.3 Å². The van der Waals surface area contributed by atoms with Crippen LogP contribution in [0, 0.1) is 12.3 Å². The highest BCUT2D eigenvalue weighted by Gasteiger charge is 2.40. The maximum atomic E-state index is 4.46. The molecular formula is C13H18N4. The second kappa shape index (κ2) is 3.72. The lowest BCUT2D eigenvalue weighted by molar-refractivity contribution is 0.520. The van der Waals surface area contributed by atoms with E-state index in [9.17, 15) is 0 Å². The molecule has 3 rings (SSSR count). The van der Waals surface area contributed by atoms with Crippen molar-refractivity contribution in [2.45, 2.75) is 33.1 Å². The van der Waals surface area contributed by atoms with Crippen LogP contribution in [0.25, 0.3) is 5.65 Å². The lowest BCUT2D eigenvalue weighted by atomic mass is 10.0. The Hall–Kier alpha value is -1.58. The standard InChI is InChI=1S/C13H18N4/c1-3-13(6-7-13)9-14-12-15-11-5-4-10(2)8-17(11)16-12/h4-5,8H,3,6-7,9H2,1-2H3,(H,14,16). The van der Waals surface area contributed by atoms with E-state index < -0.39 is 0 Å². The summed E-state index contributed by atoms with van der Waals surface area (Å²) in [6.07, 6.45) is 5.92. The van der Waals surface area contributed by atoms with Gasteiger partial charge in [-0.15, -0.1) is 5.10 Å². The summed E-state index contributed by atoms with van der Waals surface area (Å²) in [5, 5.41) is 7.80. The van der Waals surface area contributed by atoms with Gasteiger partial charge in [0.05, 0.1) is 0 Å². The largest absolute Gasteiger partial charge is 0.352 e. The normalized spacial score (nSPS) is 17.3. The van der Waals surface area contributed by atoms with Crippen molar-refractivity contribution < 1.29 is 0 Å². The highest BCUT2D eigenvalue weighted by atomic mass is 15.3. The molecule has 1 aliphatic carbocycles. The SMILES string of the molecule is CCC1(CNc2nc3ccc(C)cn3n2)CC1. The zero-order valence-corrected chi connectivity index (χ0v) is 10.4. The van der Waals surface area contributed by atoms with Crippen LogP contribution in [0.1, 0.15) is 31.7 Å². The van der Waals surface area contributed by atoms with Gasteiger partial charge in [-0.1, -0.05) is 13.0 Å². The number of nitrogens with zero attached hydrogens (tertiary/aromatic N) is 3. The molecule has 0 aromatic carbocycles. The molecule has 1 fully saturated rings. The number of aryl methyl sites for hydroxylation is 1. The van der Waals surface area contributed by atoms with Crippen LogP contribution in [0.4, 0.5) is 5.95 Å². The van der Waals surface area contributed by atoms with Crippen LogP contribution in [0.15, 0.2) is 18.3 Å². The van der Waals surface area contributed by atoms with E-state index in [1.54, 1.807) is 0 Å². The third-order valence-electron chi connectivity index (χ3n) is 3.81. The Bertz CT molecular complexity index is 539. The molecule has 4 heteroatoms. The molecule has 1 aliphatic rings. The van der Waals surface area contributed by atoms with Crippen molar-refractivity contribution in [3.05, 3.63) is 23.9 Å². The summed E-state index contributed by atoms with van der Waals surface area (Å²) in [5.41, 5.74) is 2.62. The fourth-order valence-corrected chi connectivity index (χ4v) is 2.16. The number of pyridine rings is 1. The molecule has 1 N–H and O–H groups in total.